The molecule has 5 nitrogen and oxygen atoms in total. The van der Waals surface area contributed by atoms with Crippen LogP contribution in [0.15, 0.2) is 60.7 Å². The number of ketones is 1. The molecule has 0 saturated heterocycles. The SMILES string of the molecule is CCOC(=O)[C@]1(C#N)[C@@H](c2ccccc2)CC(=O)[C@H](O)[C@H]1c1ccccc1. The van der Waals surface area contributed by atoms with E-state index >= 15 is 0 Å². The minimum absolute atomic E-state index is 0.0963. The minimum Gasteiger partial charge on any atom is -0.465 e. The van der Waals surface area contributed by atoms with Gasteiger partial charge in [-0.2, -0.15) is 5.26 Å². The molecule has 0 amide bonds. The van der Waals surface area contributed by atoms with Crippen LogP contribution in [0, 0.1) is 16.7 Å². The molecule has 0 heterocycles. The molecule has 27 heavy (non-hydrogen) atoms. The van der Waals surface area contributed by atoms with Crippen molar-refractivity contribution in [2.45, 2.75) is 31.3 Å². The van der Waals surface area contributed by atoms with E-state index in [4.69, 9.17) is 4.74 Å². The summed E-state index contributed by atoms with van der Waals surface area (Å²) in [6.45, 7) is 1.78. The molecule has 1 N–H and O–H groups in total. The standard InChI is InChI=1S/C22H21NO4/c1-2-27-21(26)22(14-23)17(15-9-5-3-6-10-15)13-18(24)20(25)19(22)16-11-7-4-8-12-16/h3-12,17,19-20,25H,2,13H2,1H3/t17-,19-,20+,22-/m1/s1. The van der Waals surface area contributed by atoms with Crippen molar-refractivity contribution in [2.75, 3.05) is 6.61 Å². The number of rotatable bonds is 4. The highest BCUT2D eigenvalue weighted by Gasteiger charge is 2.61. The molecular weight excluding hydrogens is 342 g/mol. The van der Waals surface area contributed by atoms with Crippen LogP contribution < -0.4 is 0 Å². The summed E-state index contributed by atoms with van der Waals surface area (Å²) in [7, 11) is 0. The number of nitrogens with zero attached hydrogens (tertiary/aromatic N) is 1. The highest BCUT2D eigenvalue weighted by atomic mass is 16.5. The molecule has 2 aromatic carbocycles. The van der Waals surface area contributed by atoms with E-state index in [2.05, 4.69) is 6.07 Å². The Kier molecular flexibility index (Phi) is 5.38. The molecule has 3 rings (SSSR count). The second-order valence-corrected chi connectivity index (χ2v) is 6.67. The molecule has 0 aromatic heterocycles. The van der Waals surface area contributed by atoms with E-state index in [-0.39, 0.29) is 18.8 Å². The normalized spacial score (nSPS) is 27.6. The van der Waals surface area contributed by atoms with E-state index in [1.807, 2.05) is 6.07 Å². The second kappa shape index (κ2) is 7.73. The first-order valence-electron chi connectivity index (χ1n) is 8.95. The highest BCUT2D eigenvalue weighted by Crippen LogP contribution is 2.54. The lowest BCUT2D eigenvalue weighted by Gasteiger charge is -2.44. The van der Waals surface area contributed by atoms with Gasteiger partial charge in [0.1, 0.15) is 6.10 Å². The average Bonchev–Trinajstić information content (AvgIpc) is 2.71. The number of hydrogen-bond acceptors (Lipinski definition) is 5. The maximum absolute atomic E-state index is 13.1. The van der Waals surface area contributed by atoms with E-state index in [1.165, 1.54) is 0 Å². The number of aliphatic hydroxyl groups excluding tert-OH is 1. The molecule has 4 atom stereocenters. The van der Waals surface area contributed by atoms with Crippen molar-refractivity contribution in [3.8, 4) is 6.07 Å². The Morgan fingerprint density at radius 3 is 2.22 bits per heavy atom. The zero-order valence-electron chi connectivity index (χ0n) is 15.0. The third-order valence-electron chi connectivity index (χ3n) is 5.25. The van der Waals surface area contributed by atoms with Crippen molar-refractivity contribution >= 4 is 11.8 Å². The summed E-state index contributed by atoms with van der Waals surface area (Å²) in [6, 6.07) is 19.9. The molecule has 2 aromatic rings. The van der Waals surface area contributed by atoms with Crippen molar-refractivity contribution in [3.63, 3.8) is 0 Å². The smallest absolute Gasteiger partial charge is 0.327 e. The fraction of sp³-hybridized carbons (Fsp3) is 0.318. The fourth-order valence-electron chi connectivity index (χ4n) is 4.02. The number of ether oxygens (including phenoxy) is 1. The topological polar surface area (TPSA) is 87.4 Å². The van der Waals surface area contributed by atoms with Crippen molar-refractivity contribution < 1.29 is 19.4 Å². The number of aliphatic hydroxyl groups is 1. The maximum Gasteiger partial charge on any atom is 0.327 e. The molecule has 0 spiro atoms. The first kappa shape index (κ1) is 18.8. The molecule has 0 bridgehead atoms. The van der Waals surface area contributed by atoms with Crippen molar-refractivity contribution in [2.24, 2.45) is 5.41 Å². The molecule has 5 heteroatoms. The van der Waals surface area contributed by atoms with Crippen LogP contribution in [0.5, 0.6) is 0 Å². The minimum atomic E-state index is -1.70. The lowest BCUT2D eigenvalue weighted by atomic mass is 9.55. The van der Waals surface area contributed by atoms with Crippen LogP contribution >= 0.6 is 0 Å². The van der Waals surface area contributed by atoms with Crippen LogP contribution in [0.25, 0.3) is 0 Å². The van der Waals surface area contributed by atoms with E-state index < -0.39 is 29.3 Å². The predicted molar refractivity (Wildman–Crippen MR) is 98.7 cm³/mol. The molecule has 138 valence electrons. The summed E-state index contributed by atoms with van der Waals surface area (Å²) in [5.41, 5.74) is -0.437. The predicted octanol–water partition coefficient (Wildman–Crippen LogP) is 2.96. The van der Waals surface area contributed by atoms with Gasteiger partial charge < -0.3 is 9.84 Å². The average molecular weight is 363 g/mol. The Bertz CT molecular complexity index is 859. The van der Waals surface area contributed by atoms with Crippen LogP contribution in [-0.4, -0.2) is 29.6 Å². The Labute approximate surface area is 158 Å². The van der Waals surface area contributed by atoms with E-state index in [0.717, 1.165) is 0 Å². The Morgan fingerprint density at radius 1 is 1.15 bits per heavy atom. The fourth-order valence-corrected chi connectivity index (χ4v) is 4.02. The molecule has 1 fully saturated rings. The van der Waals surface area contributed by atoms with Crippen molar-refractivity contribution in [1.82, 2.24) is 0 Å². The van der Waals surface area contributed by atoms with Gasteiger partial charge in [0.2, 0.25) is 0 Å². The zero-order chi connectivity index (χ0) is 19.4. The van der Waals surface area contributed by atoms with Gasteiger partial charge in [-0.15, -0.1) is 0 Å². The van der Waals surface area contributed by atoms with Gasteiger partial charge in [-0.1, -0.05) is 60.7 Å². The first-order valence-corrected chi connectivity index (χ1v) is 8.95. The van der Waals surface area contributed by atoms with Crippen LogP contribution in [0.3, 0.4) is 0 Å². The van der Waals surface area contributed by atoms with E-state index in [0.29, 0.717) is 11.1 Å². The maximum atomic E-state index is 13.1. The quantitative estimate of drug-likeness (QED) is 0.844. The number of nitriles is 1. The lowest BCUT2D eigenvalue weighted by molar-refractivity contribution is -0.161. The molecule has 0 unspecified atom stereocenters. The monoisotopic (exact) mass is 363 g/mol. The summed E-state index contributed by atoms with van der Waals surface area (Å²) >= 11 is 0. The molecule has 1 aliphatic rings. The van der Waals surface area contributed by atoms with Gasteiger partial charge >= 0.3 is 5.97 Å². The largest absolute Gasteiger partial charge is 0.465 e. The Hall–Kier alpha value is -2.97. The van der Waals surface area contributed by atoms with Crippen LogP contribution in [-0.2, 0) is 14.3 Å². The van der Waals surface area contributed by atoms with Crippen molar-refractivity contribution in [3.05, 3.63) is 71.8 Å². The third kappa shape index (κ3) is 3.13. The number of benzene rings is 2. The van der Waals surface area contributed by atoms with Crippen LogP contribution in [0.1, 0.15) is 36.3 Å². The van der Waals surface area contributed by atoms with Gasteiger partial charge in [0.25, 0.3) is 0 Å². The summed E-state index contributed by atoms with van der Waals surface area (Å²) in [4.78, 5) is 25.7. The molecular formula is C22H21NO4. The third-order valence-corrected chi connectivity index (χ3v) is 5.25. The first-order chi connectivity index (χ1) is 13.1. The van der Waals surface area contributed by atoms with Gasteiger partial charge in [-0.05, 0) is 18.1 Å². The van der Waals surface area contributed by atoms with Gasteiger partial charge in [0.15, 0.2) is 11.2 Å². The number of esters is 1. The Balaban J connectivity index is 2.26. The summed E-state index contributed by atoms with van der Waals surface area (Å²) in [6.07, 6.45) is -1.54. The second-order valence-electron chi connectivity index (χ2n) is 6.67. The van der Waals surface area contributed by atoms with Crippen LogP contribution in [0.2, 0.25) is 0 Å². The summed E-state index contributed by atoms with van der Waals surface area (Å²) in [5, 5.41) is 21.0. The van der Waals surface area contributed by atoms with Gasteiger partial charge in [-0.3, -0.25) is 9.59 Å². The Morgan fingerprint density at radius 2 is 1.70 bits per heavy atom. The number of carbonyl (C=O) groups is 2. The highest BCUT2D eigenvalue weighted by molar-refractivity contribution is 5.93. The number of Topliss-reactive ketones (excluding diaryl/α,β-unsaturated/α-hetero) is 1. The zero-order valence-corrected chi connectivity index (χ0v) is 15.0. The van der Waals surface area contributed by atoms with Gasteiger partial charge in [-0.25, -0.2) is 0 Å². The van der Waals surface area contributed by atoms with Gasteiger partial charge in [0.05, 0.1) is 12.7 Å². The number of carbonyl (C=O) groups excluding carboxylic acids is 2. The molecule has 1 saturated carbocycles. The van der Waals surface area contributed by atoms with E-state index in [1.54, 1.807) is 61.5 Å². The summed E-state index contributed by atoms with van der Waals surface area (Å²) in [5.74, 6) is -2.80. The molecule has 0 radical (unpaired) electrons. The molecule has 0 aliphatic heterocycles. The van der Waals surface area contributed by atoms with Crippen LogP contribution in [0.4, 0.5) is 0 Å². The van der Waals surface area contributed by atoms with E-state index in [9.17, 15) is 20.0 Å². The molecule has 1 aliphatic carbocycles. The lowest BCUT2D eigenvalue weighted by Crippen LogP contribution is -2.53. The van der Waals surface area contributed by atoms with Gasteiger partial charge in [0, 0.05) is 18.3 Å². The summed E-state index contributed by atoms with van der Waals surface area (Å²) < 4.78 is 5.28. The number of hydrogen-bond donors (Lipinski definition) is 1. The van der Waals surface area contributed by atoms with Crippen molar-refractivity contribution in [1.29, 1.82) is 5.26 Å².